The number of benzene rings is 1. The molecule has 2 N–H and O–H groups in total. The summed E-state index contributed by atoms with van der Waals surface area (Å²) < 4.78 is 5.46. The predicted molar refractivity (Wildman–Crippen MR) is 55.8 cm³/mol. The predicted octanol–water partition coefficient (Wildman–Crippen LogP) is 2.00. The number of H-pyrrole nitrogens is 1. The Hall–Kier alpha value is -1.97. The number of hydrogen-bond acceptors (Lipinski definition) is 3. The normalized spacial score (nSPS) is 10.2. The fourth-order valence-electron chi connectivity index (χ4n) is 1.23. The van der Waals surface area contributed by atoms with E-state index in [0.717, 1.165) is 11.5 Å². The molecular weight excluding hydrogens is 192 g/mol. The zero-order valence-corrected chi connectivity index (χ0v) is 8.40. The number of phenolic OH excluding ortho intramolecular Hbond substituents is 1. The van der Waals surface area contributed by atoms with Gasteiger partial charge in [0, 0.05) is 11.9 Å². The fourth-order valence-corrected chi connectivity index (χ4v) is 1.23. The highest BCUT2D eigenvalue weighted by Crippen LogP contribution is 2.16. The molecule has 0 amide bonds. The number of rotatable bonds is 3. The average Bonchev–Trinajstić information content (AvgIpc) is 2.64. The van der Waals surface area contributed by atoms with Crippen LogP contribution in [-0.2, 0) is 6.61 Å². The van der Waals surface area contributed by atoms with E-state index in [1.165, 1.54) is 0 Å². The number of hydrogen-bond donors (Lipinski definition) is 2. The van der Waals surface area contributed by atoms with E-state index in [-0.39, 0.29) is 5.75 Å². The molecule has 0 fully saturated rings. The molecule has 4 heteroatoms. The van der Waals surface area contributed by atoms with Gasteiger partial charge in [-0.2, -0.15) is 0 Å². The lowest BCUT2D eigenvalue weighted by Gasteiger charge is -2.03. The smallest absolute Gasteiger partial charge is 0.146 e. The minimum absolute atomic E-state index is 0.233. The Bertz CT molecular complexity index is 434. The average molecular weight is 204 g/mol. The Morgan fingerprint density at radius 3 is 2.67 bits per heavy atom. The van der Waals surface area contributed by atoms with Gasteiger partial charge in [0.25, 0.3) is 0 Å². The van der Waals surface area contributed by atoms with E-state index in [0.29, 0.717) is 12.4 Å². The first-order chi connectivity index (χ1) is 7.24. The summed E-state index contributed by atoms with van der Waals surface area (Å²) >= 11 is 0. The van der Waals surface area contributed by atoms with Crippen LogP contribution in [0.3, 0.4) is 0 Å². The summed E-state index contributed by atoms with van der Waals surface area (Å²) in [6.07, 6.45) is 1.76. The third-order valence-corrected chi connectivity index (χ3v) is 1.97. The molecule has 0 aliphatic heterocycles. The topological polar surface area (TPSA) is 58.1 Å². The van der Waals surface area contributed by atoms with Crippen molar-refractivity contribution in [3.8, 4) is 11.5 Å². The van der Waals surface area contributed by atoms with E-state index in [1.54, 1.807) is 30.5 Å². The molecule has 0 aliphatic carbocycles. The van der Waals surface area contributed by atoms with Crippen molar-refractivity contribution in [1.29, 1.82) is 0 Å². The maximum absolute atomic E-state index is 9.07. The van der Waals surface area contributed by atoms with Crippen molar-refractivity contribution < 1.29 is 9.84 Å². The van der Waals surface area contributed by atoms with Gasteiger partial charge in [0.2, 0.25) is 0 Å². The van der Waals surface area contributed by atoms with Crippen LogP contribution in [-0.4, -0.2) is 15.1 Å². The molecule has 0 spiro atoms. The summed E-state index contributed by atoms with van der Waals surface area (Å²) in [7, 11) is 0. The van der Waals surface area contributed by atoms with E-state index in [4.69, 9.17) is 9.84 Å². The van der Waals surface area contributed by atoms with Crippen molar-refractivity contribution in [2.24, 2.45) is 0 Å². The zero-order chi connectivity index (χ0) is 10.7. The van der Waals surface area contributed by atoms with Crippen molar-refractivity contribution in [2.45, 2.75) is 13.5 Å². The van der Waals surface area contributed by atoms with Gasteiger partial charge in [-0.3, -0.25) is 0 Å². The summed E-state index contributed by atoms with van der Waals surface area (Å²) in [6.45, 7) is 2.34. The highest BCUT2D eigenvalue weighted by atomic mass is 16.5. The first-order valence-corrected chi connectivity index (χ1v) is 4.66. The maximum atomic E-state index is 9.07. The molecule has 15 heavy (non-hydrogen) atoms. The standard InChI is InChI=1S/C11H12N2O2/c1-8-6-12-11(13-8)7-15-10-4-2-9(14)3-5-10/h2-6,14H,7H2,1H3,(H,12,13). The largest absolute Gasteiger partial charge is 0.508 e. The molecule has 0 atom stereocenters. The van der Waals surface area contributed by atoms with Crippen LogP contribution in [0, 0.1) is 6.92 Å². The van der Waals surface area contributed by atoms with Crippen molar-refractivity contribution in [2.75, 3.05) is 0 Å². The number of nitrogens with one attached hydrogen (secondary N) is 1. The molecule has 1 aromatic carbocycles. The Kier molecular flexibility index (Phi) is 2.58. The quantitative estimate of drug-likeness (QED) is 0.804. The highest BCUT2D eigenvalue weighted by Gasteiger charge is 1.98. The molecule has 0 bridgehead atoms. The van der Waals surface area contributed by atoms with Gasteiger partial charge < -0.3 is 14.8 Å². The van der Waals surface area contributed by atoms with Crippen LogP contribution in [0.5, 0.6) is 11.5 Å². The summed E-state index contributed by atoms with van der Waals surface area (Å²) in [5.74, 6) is 1.73. The minimum atomic E-state index is 0.233. The van der Waals surface area contributed by atoms with Crippen LogP contribution < -0.4 is 4.74 Å². The number of imidazole rings is 1. The fraction of sp³-hybridized carbons (Fsp3) is 0.182. The van der Waals surface area contributed by atoms with Gasteiger partial charge in [0.1, 0.15) is 23.9 Å². The SMILES string of the molecule is Cc1cnc(COc2ccc(O)cc2)[nH]1. The van der Waals surface area contributed by atoms with Crippen molar-refractivity contribution >= 4 is 0 Å². The summed E-state index contributed by atoms with van der Waals surface area (Å²) in [4.78, 5) is 7.19. The number of nitrogens with zero attached hydrogens (tertiary/aromatic N) is 1. The number of aryl methyl sites for hydroxylation is 1. The van der Waals surface area contributed by atoms with Crippen LogP contribution in [0.15, 0.2) is 30.5 Å². The van der Waals surface area contributed by atoms with E-state index in [9.17, 15) is 0 Å². The van der Waals surface area contributed by atoms with E-state index < -0.39 is 0 Å². The molecule has 0 aliphatic rings. The van der Waals surface area contributed by atoms with Crippen LogP contribution in [0.2, 0.25) is 0 Å². The van der Waals surface area contributed by atoms with Crippen molar-refractivity contribution in [3.63, 3.8) is 0 Å². The Balaban J connectivity index is 1.96. The van der Waals surface area contributed by atoms with E-state index >= 15 is 0 Å². The molecule has 0 unspecified atom stereocenters. The van der Waals surface area contributed by atoms with Crippen LogP contribution >= 0.6 is 0 Å². The number of aromatic nitrogens is 2. The second-order valence-corrected chi connectivity index (χ2v) is 3.30. The number of aromatic amines is 1. The summed E-state index contributed by atoms with van der Waals surface area (Å²) in [6, 6.07) is 6.60. The van der Waals surface area contributed by atoms with Gasteiger partial charge in [-0.15, -0.1) is 0 Å². The molecule has 0 radical (unpaired) electrons. The highest BCUT2D eigenvalue weighted by molar-refractivity contribution is 5.30. The Labute approximate surface area is 87.6 Å². The molecule has 1 heterocycles. The summed E-state index contributed by atoms with van der Waals surface area (Å²) in [5.41, 5.74) is 1.01. The van der Waals surface area contributed by atoms with Gasteiger partial charge in [-0.25, -0.2) is 4.98 Å². The lowest BCUT2D eigenvalue weighted by atomic mass is 10.3. The first-order valence-electron chi connectivity index (χ1n) is 4.66. The molecule has 2 aromatic rings. The van der Waals surface area contributed by atoms with Crippen LogP contribution in [0.25, 0.3) is 0 Å². The minimum Gasteiger partial charge on any atom is -0.508 e. The zero-order valence-electron chi connectivity index (χ0n) is 8.40. The van der Waals surface area contributed by atoms with E-state index in [1.807, 2.05) is 6.92 Å². The lowest BCUT2D eigenvalue weighted by Crippen LogP contribution is -1.97. The maximum Gasteiger partial charge on any atom is 0.146 e. The third kappa shape index (κ3) is 2.49. The van der Waals surface area contributed by atoms with Gasteiger partial charge in [-0.05, 0) is 31.2 Å². The van der Waals surface area contributed by atoms with Crippen molar-refractivity contribution in [3.05, 3.63) is 42.0 Å². The van der Waals surface area contributed by atoms with Crippen LogP contribution in [0.4, 0.5) is 0 Å². The monoisotopic (exact) mass is 204 g/mol. The third-order valence-electron chi connectivity index (χ3n) is 1.97. The van der Waals surface area contributed by atoms with Gasteiger partial charge in [0.15, 0.2) is 0 Å². The van der Waals surface area contributed by atoms with Crippen molar-refractivity contribution in [1.82, 2.24) is 9.97 Å². The molecule has 1 aromatic heterocycles. The summed E-state index contributed by atoms with van der Waals surface area (Å²) in [5, 5.41) is 9.07. The molecule has 0 saturated heterocycles. The Morgan fingerprint density at radius 1 is 1.33 bits per heavy atom. The van der Waals surface area contributed by atoms with Gasteiger partial charge in [-0.1, -0.05) is 0 Å². The van der Waals surface area contributed by atoms with Crippen LogP contribution in [0.1, 0.15) is 11.5 Å². The first kappa shape index (κ1) is 9.58. The number of aromatic hydroxyl groups is 1. The van der Waals surface area contributed by atoms with Gasteiger partial charge >= 0.3 is 0 Å². The molecule has 4 nitrogen and oxygen atoms in total. The number of phenols is 1. The second-order valence-electron chi connectivity index (χ2n) is 3.30. The lowest BCUT2D eigenvalue weighted by molar-refractivity contribution is 0.296. The molecule has 78 valence electrons. The second kappa shape index (κ2) is 4.04. The van der Waals surface area contributed by atoms with E-state index in [2.05, 4.69) is 9.97 Å². The Morgan fingerprint density at radius 2 is 2.07 bits per heavy atom. The molecule has 2 rings (SSSR count). The number of ether oxygens (including phenoxy) is 1. The molecular formula is C11H12N2O2. The molecule has 0 saturated carbocycles. The van der Waals surface area contributed by atoms with Gasteiger partial charge in [0.05, 0.1) is 0 Å².